The van der Waals surface area contributed by atoms with Gasteiger partial charge in [0.15, 0.2) is 5.11 Å². The van der Waals surface area contributed by atoms with Crippen molar-refractivity contribution in [1.29, 1.82) is 0 Å². The first-order chi connectivity index (χ1) is 11.4. The SMILES string of the molecule is Cc1cccc(C)c1NC(=S)N1CCC(N(C)CCC(C)C)CC1. The van der Waals surface area contributed by atoms with Crippen molar-refractivity contribution in [1.82, 2.24) is 9.80 Å². The van der Waals surface area contributed by atoms with E-state index in [1.807, 2.05) is 0 Å². The number of hydrogen-bond acceptors (Lipinski definition) is 2. The van der Waals surface area contributed by atoms with Crippen LogP contribution in [0.3, 0.4) is 0 Å². The first-order valence-corrected chi connectivity index (χ1v) is 9.61. The highest BCUT2D eigenvalue weighted by atomic mass is 32.1. The summed E-state index contributed by atoms with van der Waals surface area (Å²) in [6, 6.07) is 7.06. The molecule has 1 N–H and O–H groups in total. The number of anilines is 1. The van der Waals surface area contributed by atoms with E-state index in [-0.39, 0.29) is 0 Å². The third-order valence-corrected chi connectivity index (χ3v) is 5.51. The second kappa shape index (κ2) is 8.82. The number of nitrogens with zero attached hydrogens (tertiary/aromatic N) is 2. The molecule has 1 fully saturated rings. The fourth-order valence-electron chi connectivity index (χ4n) is 3.35. The summed E-state index contributed by atoms with van der Waals surface area (Å²) in [6.07, 6.45) is 3.68. The van der Waals surface area contributed by atoms with Gasteiger partial charge < -0.3 is 15.1 Å². The van der Waals surface area contributed by atoms with E-state index in [1.165, 1.54) is 42.6 Å². The minimum absolute atomic E-state index is 0.697. The van der Waals surface area contributed by atoms with E-state index in [4.69, 9.17) is 12.2 Å². The fourth-order valence-corrected chi connectivity index (χ4v) is 3.64. The lowest BCUT2D eigenvalue weighted by Crippen LogP contribution is -2.47. The van der Waals surface area contributed by atoms with Gasteiger partial charge in [-0.2, -0.15) is 0 Å². The molecule has 0 amide bonds. The Labute approximate surface area is 153 Å². The van der Waals surface area contributed by atoms with Crippen molar-refractivity contribution >= 4 is 23.0 Å². The molecule has 0 bridgehead atoms. The lowest BCUT2D eigenvalue weighted by molar-refractivity contribution is 0.159. The molecule has 0 unspecified atom stereocenters. The van der Waals surface area contributed by atoms with E-state index in [9.17, 15) is 0 Å². The van der Waals surface area contributed by atoms with E-state index < -0.39 is 0 Å². The third kappa shape index (κ3) is 5.18. The van der Waals surface area contributed by atoms with Gasteiger partial charge in [-0.05, 0) is 76.0 Å². The van der Waals surface area contributed by atoms with Crippen LogP contribution in [-0.4, -0.2) is 47.6 Å². The Morgan fingerprint density at radius 3 is 2.38 bits per heavy atom. The number of hydrogen-bond donors (Lipinski definition) is 1. The van der Waals surface area contributed by atoms with Gasteiger partial charge in [-0.1, -0.05) is 32.0 Å². The van der Waals surface area contributed by atoms with E-state index >= 15 is 0 Å². The Bertz CT molecular complexity index is 528. The maximum Gasteiger partial charge on any atom is 0.173 e. The van der Waals surface area contributed by atoms with Gasteiger partial charge in [0.2, 0.25) is 0 Å². The number of rotatable bonds is 5. The molecule has 1 aliphatic rings. The summed E-state index contributed by atoms with van der Waals surface area (Å²) in [6.45, 7) is 12.2. The Balaban J connectivity index is 1.84. The molecule has 4 heteroatoms. The van der Waals surface area contributed by atoms with E-state index in [0.717, 1.165) is 24.1 Å². The van der Waals surface area contributed by atoms with Crippen LogP contribution in [0.5, 0.6) is 0 Å². The number of piperidine rings is 1. The lowest BCUT2D eigenvalue weighted by atomic mass is 10.0. The monoisotopic (exact) mass is 347 g/mol. The first-order valence-electron chi connectivity index (χ1n) is 9.21. The number of benzene rings is 1. The van der Waals surface area contributed by atoms with Gasteiger partial charge in [0.25, 0.3) is 0 Å². The third-order valence-electron chi connectivity index (χ3n) is 5.15. The molecule has 2 rings (SSSR count). The quantitative estimate of drug-likeness (QED) is 0.793. The van der Waals surface area contributed by atoms with Crippen LogP contribution in [0.2, 0.25) is 0 Å². The Morgan fingerprint density at radius 1 is 1.25 bits per heavy atom. The van der Waals surface area contributed by atoms with Crippen LogP contribution in [0.4, 0.5) is 5.69 Å². The van der Waals surface area contributed by atoms with Crippen molar-refractivity contribution in [2.45, 2.75) is 53.0 Å². The van der Waals surface area contributed by atoms with Gasteiger partial charge in [-0.25, -0.2) is 0 Å². The molecular weight excluding hydrogens is 314 g/mol. The number of nitrogens with one attached hydrogen (secondary N) is 1. The minimum Gasteiger partial charge on any atom is -0.349 e. The topological polar surface area (TPSA) is 18.5 Å². The standard InChI is InChI=1S/C20H33N3S/c1-15(2)9-12-22(5)18-10-13-23(14-11-18)20(24)21-19-16(3)7-6-8-17(19)4/h6-8,15,18H,9-14H2,1-5H3,(H,21,24). The van der Waals surface area contributed by atoms with Crippen molar-refractivity contribution in [2.24, 2.45) is 5.92 Å². The van der Waals surface area contributed by atoms with Crippen molar-refractivity contribution in [3.8, 4) is 0 Å². The van der Waals surface area contributed by atoms with Crippen LogP contribution in [0.25, 0.3) is 0 Å². The summed E-state index contributed by atoms with van der Waals surface area (Å²) in [5.41, 5.74) is 3.67. The Kier molecular flexibility index (Phi) is 7.05. The maximum atomic E-state index is 5.67. The average molecular weight is 348 g/mol. The summed E-state index contributed by atoms with van der Waals surface area (Å²) in [4.78, 5) is 4.87. The smallest absolute Gasteiger partial charge is 0.173 e. The molecule has 0 saturated carbocycles. The zero-order valence-electron chi connectivity index (χ0n) is 15.9. The molecule has 0 spiro atoms. The highest BCUT2D eigenvalue weighted by Gasteiger charge is 2.24. The zero-order chi connectivity index (χ0) is 17.7. The van der Waals surface area contributed by atoms with Gasteiger partial charge in [0, 0.05) is 24.8 Å². The highest BCUT2D eigenvalue weighted by Crippen LogP contribution is 2.22. The van der Waals surface area contributed by atoms with Crippen molar-refractivity contribution < 1.29 is 0 Å². The van der Waals surface area contributed by atoms with E-state index in [1.54, 1.807) is 0 Å². The summed E-state index contributed by atoms with van der Waals surface area (Å²) in [7, 11) is 2.27. The van der Waals surface area contributed by atoms with Crippen LogP contribution in [-0.2, 0) is 0 Å². The number of para-hydroxylation sites is 1. The molecule has 1 aliphatic heterocycles. The molecular formula is C20H33N3S. The van der Waals surface area contributed by atoms with Crippen LogP contribution in [0.1, 0.15) is 44.2 Å². The van der Waals surface area contributed by atoms with Crippen LogP contribution >= 0.6 is 12.2 Å². The number of likely N-dealkylation sites (tertiary alicyclic amines) is 1. The van der Waals surface area contributed by atoms with Gasteiger partial charge in [0.1, 0.15) is 0 Å². The molecule has 3 nitrogen and oxygen atoms in total. The average Bonchev–Trinajstić information content (AvgIpc) is 2.56. The molecule has 1 aromatic carbocycles. The predicted molar refractivity (Wildman–Crippen MR) is 109 cm³/mol. The molecule has 1 saturated heterocycles. The maximum absolute atomic E-state index is 5.67. The first kappa shape index (κ1) is 19.2. The highest BCUT2D eigenvalue weighted by molar-refractivity contribution is 7.80. The molecule has 24 heavy (non-hydrogen) atoms. The van der Waals surface area contributed by atoms with E-state index in [0.29, 0.717) is 6.04 Å². The molecule has 0 radical (unpaired) electrons. The molecule has 134 valence electrons. The summed E-state index contributed by atoms with van der Waals surface area (Å²) in [5.74, 6) is 0.779. The normalized spacial score (nSPS) is 16.0. The Morgan fingerprint density at radius 2 is 1.83 bits per heavy atom. The molecule has 1 heterocycles. The largest absolute Gasteiger partial charge is 0.349 e. The number of thiocarbonyl (C=S) groups is 1. The van der Waals surface area contributed by atoms with Crippen LogP contribution < -0.4 is 5.32 Å². The van der Waals surface area contributed by atoms with Crippen molar-refractivity contribution in [3.63, 3.8) is 0 Å². The number of aryl methyl sites for hydroxylation is 2. The second-order valence-electron chi connectivity index (χ2n) is 7.58. The van der Waals surface area contributed by atoms with E-state index in [2.05, 4.69) is 68.1 Å². The molecule has 0 aromatic heterocycles. The zero-order valence-corrected chi connectivity index (χ0v) is 16.7. The predicted octanol–water partition coefficient (Wildman–Crippen LogP) is 4.44. The van der Waals surface area contributed by atoms with Crippen molar-refractivity contribution in [3.05, 3.63) is 29.3 Å². The summed E-state index contributed by atoms with van der Waals surface area (Å²) in [5, 5.41) is 4.35. The molecule has 0 atom stereocenters. The molecule has 0 aliphatic carbocycles. The van der Waals surface area contributed by atoms with Gasteiger partial charge in [0.05, 0.1) is 0 Å². The fraction of sp³-hybridized carbons (Fsp3) is 0.650. The summed E-state index contributed by atoms with van der Waals surface area (Å²) >= 11 is 5.67. The second-order valence-corrected chi connectivity index (χ2v) is 7.97. The lowest BCUT2D eigenvalue weighted by Gasteiger charge is -2.38. The van der Waals surface area contributed by atoms with Gasteiger partial charge in [-0.3, -0.25) is 0 Å². The van der Waals surface area contributed by atoms with Gasteiger partial charge in [-0.15, -0.1) is 0 Å². The van der Waals surface area contributed by atoms with Crippen molar-refractivity contribution in [2.75, 3.05) is 32.0 Å². The Hall–Kier alpha value is -1.13. The van der Waals surface area contributed by atoms with Crippen LogP contribution in [0, 0.1) is 19.8 Å². The molecule has 1 aromatic rings. The van der Waals surface area contributed by atoms with Gasteiger partial charge >= 0.3 is 0 Å². The van der Waals surface area contributed by atoms with Crippen LogP contribution in [0.15, 0.2) is 18.2 Å². The minimum atomic E-state index is 0.697. The summed E-state index contributed by atoms with van der Waals surface area (Å²) < 4.78 is 0.